The van der Waals surface area contributed by atoms with Crippen LogP contribution >= 0.6 is 34.8 Å². The molecular weight excluding hydrogens is 365 g/mol. The molecule has 23 heavy (non-hydrogen) atoms. The van der Waals surface area contributed by atoms with Crippen LogP contribution in [0.2, 0.25) is 15.1 Å². The first-order valence-corrected chi connectivity index (χ1v) is 7.41. The average molecular weight is 375 g/mol. The highest BCUT2D eigenvalue weighted by molar-refractivity contribution is 6.42. The van der Waals surface area contributed by atoms with Gasteiger partial charge in [-0.15, -0.1) is 0 Å². The number of hydrogen-bond acceptors (Lipinski definition) is 3. The van der Waals surface area contributed by atoms with E-state index in [0.717, 1.165) is 0 Å². The van der Waals surface area contributed by atoms with Gasteiger partial charge in [0.25, 0.3) is 5.91 Å². The minimum atomic E-state index is -1.18. The van der Waals surface area contributed by atoms with Gasteiger partial charge in [-0.05, 0) is 36.4 Å². The largest absolute Gasteiger partial charge is 0.483 e. The van der Waals surface area contributed by atoms with E-state index in [-0.39, 0.29) is 17.9 Å². The van der Waals surface area contributed by atoms with Crippen LogP contribution in [0.15, 0.2) is 36.4 Å². The summed E-state index contributed by atoms with van der Waals surface area (Å²) >= 11 is 17.4. The number of amides is 1. The molecule has 0 heterocycles. The van der Waals surface area contributed by atoms with Crippen LogP contribution in [-0.2, 0) is 4.79 Å². The van der Waals surface area contributed by atoms with Crippen LogP contribution in [0.1, 0.15) is 10.4 Å². The number of nitrogens with one attached hydrogen (secondary N) is 1. The van der Waals surface area contributed by atoms with Crippen molar-refractivity contribution in [3.05, 3.63) is 57.0 Å². The van der Waals surface area contributed by atoms with Crippen molar-refractivity contribution in [3.63, 3.8) is 0 Å². The molecule has 0 aliphatic heterocycles. The molecule has 2 rings (SSSR count). The summed E-state index contributed by atoms with van der Waals surface area (Å²) in [4.78, 5) is 22.9. The topological polar surface area (TPSA) is 75.6 Å². The van der Waals surface area contributed by atoms with Crippen molar-refractivity contribution in [2.75, 3.05) is 11.9 Å². The maximum atomic E-state index is 11.9. The molecule has 0 aliphatic carbocycles. The molecule has 120 valence electrons. The normalized spacial score (nSPS) is 10.2. The van der Waals surface area contributed by atoms with Gasteiger partial charge in [-0.2, -0.15) is 0 Å². The molecule has 2 aromatic carbocycles. The van der Waals surface area contributed by atoms with E-state index in [9.17, 15) is 9.59 Å². The molecule has 0 atom stereocenters. The second-order valence-electron chi connectivity index (χ2n) is 4.41. The van der Waals surface area contributed by atoms with Crippen LogP contribution in [0.3, 0.4) is 0 Å². The number of anilines is 1. The zero-order chi connectivity index (χ0) is 17.0. The minimum absolute atomic E-state index is 0.00860. The predicted molar refractivity (Wildman–Crippen MR) is 89.0 cm³/mol. The lowest BCUT2D eigenvalue weighted by molar-refractivity contribution is -0.118. The number of hydrogen-bond donors (Lipinski definition) is 2. The van der Waals surface area contributed by atoms with E-state index in [2.05, 4.69) is 5.32 Å². The number of carboxylic acids is 1. The maximum absolute atomic E-state index is 11.9. The number of carboxylic acid groups (broad SMARTS) is 1. The number of carbonyl (C=O) groups excluding carboxylic acids is 1. The highest BCUT2D eigenvalue weighted by Crippen LogP contribution is 2.25. The van der Waals surface area contributed by atoms with Gasteiger partial charge in [0.15, 0.2) is 6.61 Å². The van der Waals surface area contributed by atoms with Crippen molar-refractivity contribution in [1.82, 2.24) is 0 Å². The Morgan fingerprint density at radius 2 is 1.78 bits per heavy atom. The zero-order valence-corrected chi connectivity index (χ0v) is 13.7. The van der Waals surface area contributed by atoms with Crippen LogP contribution in [0.4, 0.5) is 5.69 Å². The molecular formula is C15H10Cl3NO4. The summed E-state index contributed by atoms with van der Waals surface area (Å²) in [6.07, 6.45) is 0. The molecule has 0 radical (unpaired) electrons. The number of rotatable bonds is 5. The highest BCUT2D eigenvalue weighted by atomic mass is 35.5. The molecule has 0 unspecified atom stereocenters. The van der Waals surface area contributed by atoms with Crippen molar-refractivity contribution in [2.24, 2.45) is 0 Å². The second-order valence-corrected chi connectivity index (χ2v) is 5.66. The minimum Gasteiger partial charge on any atom is -0.483 e. The molecule has 0 aromatic heterocycles. The van der Waals surface area contributed by atoms with E-state index in [0.29, 0.717) is 20.8 Å². The third-order valence-electron chi connectivity index (χ3n) is 2.74. The van der Waals surface area contributed by atoms with Crippen molar-refractivity contribution < 1.29 is 19.4 Å². The van der Waals surface area contributed by atoms with E-state index in [1.165, 1.54) is 24.3 Å². The Hall–Kier alpha value is -1.95. The first kappa shape index (κ1) is 17.4. The molecule has 5 nitrogen and oxygen atoms in total. The van der Waals surface area contributed by atoms with Gasteiger partial charge in [0.2, 0.25) is 0 Å². The summed E-state index contributed by atoms with van der Waals surface area (Å²) in [6, 6.07) is 8.67. The molecule has 0 fully saturated rings. The monoisotopic (exact) mass is 373 g/mol. The second kappa shape index (κ2) is 7.55. The maximum Gasteiger partial charge on any atom is 0.339 e. The van der Waals surface area contributed by atoms with Crippen LogP contribution < -0.4 is 10.1 Å². The Morgan fingerprint density at radius 3 is 2.43 bits per heavy atom. The molecule has 1 amide bonds. The average Bonchev–Trinajstić information content (AvgIpc) is 2.48. The van der Waals surface area contributed by atoms with Crippen LogP contribution in [0.25, 0.3) is 0 Å². The lowest BCUT2D eigenvalue weighted by Crippen LogP contribution is -2.20. The van der Waals surface area contributed by atoms with Gasteiger partial charge in [0.1, 0.15) is 11.3 Å². The van der Waals surface area contributed by atoms with Crippen molar-refractivity contribution in [1.29, 1.82) is 0 Å². The fourth-order valence-electron chi connectivity index (χ4n) is 1.71. The number of carbonyl (C=O) groups is 2. The smallest absolute Gasteiger partial charge is 0.339 e. The Bertz CT molecular complexity index is 764. The summed E-state index contributed by atoms with van der Waals surface area (Å²) < 4.78 is 5.23. The number of aromatic carboxylic acids is 1. The quantitative estimate of drug-likeness (QED) is 0.815. The number of benzene rings is 2. The first-order valence-electron chi connectivity index (χ1n) is 6.27. The molecule has 2 N–H and O–H groups in total. The molecule has 0 bridgehead atoms. The molecule has 0 saturated carbocycles. The van der Waals surface area contributed by atoms with Gasteiger partial charge in [-0.25, -0.2) is 4.79 Å². The molecule has 2 aromatic rings. The molecule has 0 saturated heterocycles. The molecule has 8 heteroatoms. The fourth-order valence-corrected chi connectivity index (χ4v) is 2.17. The van der Waals surface area contributed by atoms with E-state index in [4.69, 9.17) is 44.6 Å². The van der Waals surface area contributed by atoms with Crippen LogP contribution in [0, 0.1) is 0 Å². The predicted octanol–water partition coefficient (Wildman–Crippen LogP) is 4.36. The Balaban J connectivity index is 2.03. The Kier molecular flexibility index (Phi) is 5.71. The third kappa shape index (κ3) is 4.76. The van der Waals surface area contributed by atoms with Gasteiger partial charge in [-0.1, -0.05) is 34.8 Å². The van der Waals surface area contributed by atoms with Gasteiger partial charge in [0.05, 0.1) is 10.0 Å². The van der Waals surface area contributed by atoms with E-state index < -0.39 is 11.9 Å². The van der Waals surface area contributed by atoms with E-state index in [1.807, 2.05) is 0 Å². The van der Waals surface area contributed by atoms with Crippen LogP contribution in [0.5, 0.6) is 5.75 Å². The highest BCUT2D eigenvalue weighted by Gasteiger charge is 2.13. The summed E-state index contributed by atoms with van der Waals surface area (Å²) in [7, 11) is 0. The van der Waals surface area contributed by atoms with Crippen molar-refractivity contribution in [2.45, 2.75) is 0 Å². The third-order valence-corrected chi connectivity index (χ3v) is 3.71. The molecule has 0 spiro atoms. The Labute approximate surface area is 146 Å². The zero-order valence-electron chi connectivity index (χ0n) is 11.5. The first-order chi connectivity index (χ1) is 10.9. The fraction of sp³-hybridized carbons (Fsp3) is 0.0667. The summed E-state index contributed by atoms with van der Waals surface area (Å²) in [5.74, 6) is -1.66. The van der Waals surface area contributed by atoms with E-state index in [1.54, 1.807) is 12.1 Å². The lowest BCUT2D eigenvalue weighted by atomic mass is 10.2. The summed E-state index contributed by atoms with van der Waals surface area (Å²) in [6.45, 7) is -0.388. The standard InChI is InChI=1S/C15H10Cl3NO4/c16-8-1-3-10(15(21)22)13(5-8)23-7-14(20)19-9-2-4-11(17)12(18)6-9/h1-6H,7H2,(H,19,20)(H,21,22). The molecule has 0 aliphatic rings. The van der Waals surface area contributed by atoms with Gasteiger partial charge in [-0.3, -0.25) is 4.79 Å². The van der Waals surface area contributed by atoms with Crippen molar-refractivity contribution >= 4 is 52.4 Å². The van der Waals surface area contributed by atoms with Crippen LogP contribution in [-0.4, -0.2) is 23.6 Å². The number of halogens is 3. The van der Waals surface area contributed by atoms with Gasteiger partial charge in [0, 0.05) is 10.7 Å². The van der Waals surface area contributed by atoms with Gasteiger partial charge >= 0.3 is 5.97 Å². The Morgan fingerprint density at radius 1 is 1.04 bits per heavy atom. The SMILES string of the molecule is O=C(COc1cc(Cl)ccc1C(=O)O)Nc1ccc(Cl)c(Cl)c1. The van der Waals surface area contributed by atoms with Crippen molar-refractivity contribution in [3.8, 4) is 5.75 Å². The lowest BCUT2D eigenvalue weighted by Gasteiger charge is -2.10. The van der Waals surface area contributed by atoms with Gasteiger partial charge < -0.3 is 15.2 Å². The summed E-state index contributed by atoms with van der Waals surface area (Å²) in [5, 5.41) is 12.6. The number of ether oxygens (including phenoxy) is 1. The summed E-state index contributed by atoms with van der Waals surface area (Å²) in [5.41, 5.74) is 0.356. The van der Waals surface area contributed by atoms with E-state index >= 15 is 0 Å².